The number of anilines is 1. The molecule has 0 aliphatic rings. The molecule has 1 aromatic carbocycles. The molecule has 0 saturated carbocycles. The van der Waals surface area contributed by atoms with Crippen molar-refractivity contribution in [2.75, 3.05) is 19.0 Å². The molecule has 0 aliphatic carbocycles. The summed E-state index contributed by atoms with van der Waals surface area (Å²) in [6.07, 6.45) is 0.769. The number of nitro benzene ring substituents is 1. The lowest BCUT2D eigenvalue weighted by atomic mass is 10.2. The molecule has 0 atom stereocenters. The Labute approximate surface area is 129 Å². The van der Waals surface area contributed by atoms with Crippen molar-refractivity contribution in [1.82, 2.24) is 0 Å². The predicted molar refractivity (Wildman–Crippen MR) is 83.2 cm³/mol. The second-order valence-corrected chi connectivity index (χ2v) is 5.76. The molecule has 0 unspecified atom stereocenters. The summed E-state index contributed by atoms with van der Waals surface area (Å²) in [5, 5.41) is 13.9. The average Bonchev–Trinajstić information content (AvgIpc) is 2.41. The molecule has 0 heterocycles. The molecule has 0 radical (unpaired) electrons. The van der Waals surface area contributed by atoms with E-state index in [9.17, 15) is 14.9 Å². The van der Waals surface area contributed by atoms with Gasteiger partial charge in [-0.05, 0) is 33.3 Å². The Morgan fingerprint density at radius 2 is 2.05 bits per heavy atom. The molecule has 0 fully saturated rings. The molecule has 0 bridgehead atoms. The topological polar surface area (TPSA) is 90.7 Å². The number of hydrogen-bond donors (Lipinski definition) is 1. The SMILES string of the molecule is COc1ccc([N+](=O)[O-])c(NCCCC(=O)OC(C)(C)C)c1. The van der Waals surface area contributed by atoms with Gasteiger partial charge in [-0.3, -0.25) is 14.9 Å². The molecule has 7 nitrogen and oxygen atoms in total. The Morgan fingerprint density at radius 3 is 2.59 bits per heavy atom. The summed E-state index contributed by atoms with van der Waals surface area (Å²) in [5.74, 6) is 0.245. The number of rotatable bonds is 7. The van der Waals surface area contributed by atoms with Crippen molar-refractivity contribution < 1.29 is 19.2 Å². The van der Waals surface area contributed by atoms with Crippen LogP contribution in [0.2, 0.25) is 0 Å². The van der Waals surface area contributed by atoms with Crippen LogP contribution in [-0.2, 0) is 9.53 Å². The zero-order valence-corrected chi connectivity index (χ0v) is 13.3. The van der Waals surface area contributed by atoms with E-state index in [-0.39, 0.29) is 18.1 Å². The van der Waals surface area contributed by atoms with E-state index < -0.39 is 10.5 Å². The average molecular weight is 310 g/mol. The molecule has 1 aromatic rings. The number of esters is 1. The third-order valence-corrected chi connectivity index (χ3v) is 2.69. The third-order valence-electron chi connectivity index (χ3n) is 2.69. The van der Waals surface area contributed by atoms with Gasteiger partial charge in [-0.15, -0.1) is 0 Å². The maximum atomic E-state index is 11.6. The van der Waals surface area contributed by atoms with Gasteiger partial charge in [0.25, 0.3) is 5.69 Å². The molecule has 7 heteroatoms. The van der Waals surface area contributed by atoms with Crippen LogP contribution in [0.25, 0.3) is 0 Å². The highest BCUT2D eigenvalue weighted by molar-refractivity contribution is 5.70. The van der Waals surface area contributed by atoms with Crippen LogP contribution < -0.4 is 10.1 Å². The second kappa shape index (κ2) is 7.63. The Kier molecular flexibility index (Phi) is 6.15. The van der Waals surface area contributed by atoms with Crippen LogP contribution in [-0.4, -0.2) is 30.1 Å². The lowest BCUT2D eigenvalue weighted by Crippen LogP contribution is -2.24. The second-order valence-electron chi connectivity index (χ2n) is 5.76. The van der Waals surface area contributed by atoms with E-state index in [1.54, 1.807) is 6.07 Å². The van der Waals surface area contributed by atoms with Gasteiger partial charge < -0.3 is 14.8 Å². The smallest absolute Gasteiger partial charge is 0.306 e. The first-order valence-electron chi connectivity index (χ1n) is 7.01. The lowest BCUT2D eigenvalue weighted by molar-refractivity contribution is -0.384. The summed E-state index contributed by atoms with van der Waals surface area (Å²) in [4.78, 5) is 22.1. The molecule has 0 amide bonds. The van der Waals surface area contributed by atoms with Crippen LogP contribution in [0.3, 0.4) is 0 Å². The maximum Gasteiger partial charge on any atom is 0.306 e. The van der Waals surface area contributed by atoms with E-state index in [0.717, 1.165) is 0 Å². The van der Waals surface area contributed by atoms with Gasteiger partial charge in [-0.2, -0.15) is 0 Å². The summed E-state index contributed by atoms with van der Waals surface area (Å²) < 4.78 is 10.2. The van der Waals surface area contributed by atoms with E-state index >= 15 is 0 Å². The highest BCUT2D eigenvalue weighted by atomic mass is 16.6. The Hall–Kier alpha value is -2.31. The van der Waals surface area contributed by atoms with Crippen LogP contribution in [0, 0.1) is 10.1 Å². The zero-order valence-electron chi connectivity index (χ0n) is 13.3. The molecular weight excluding hydrogens is 288 g/mol. The fourth-order valence-electron chi connectivity index (χ4n) is 1.79. The number of nitrogens with zero attached hydrogens (tertiary/aromatic N) is 1. The number of methoxy groups -OCH3 is 1. The Morgan fingerprint density at radius 1 is 1.36 bits per heavy atom. The quantitative estimate of drug-likeness (QED) is 0.360. The van der Waals surface area contributed by atoms with Crippen LogP contribution >= 0.6 is 0 Å². The monoisotopic (exact) mass is 310 g/mol. The summed E-state index contributed by atoms with van der Waals surface area (Å²) >= 11 is 0. The standard InChI is InChI=1S/C15H22N2O5/c1-15(2,3)22-14(18)6-5-9-16-12-10-11(21-4)7-8-13(12)17(19)20/h7-8,10,16H,5-6,9H2,1-4H3. The highest BCUT2D eigenvalue weighted by Gasteiger charge is 2.17. The first kappa shape index (κ1) is 17.7. The van der Waals surface area contributed by atoms with Crippen molar-refractivity contribution in [3.8, 4) is 5.75 Å². The molecule has 0 aliphatic heterocycles. The maximum absolute atomic E-state index is 11.6. The van der Waals surface area contributed by atoms with Gasteiger partial charge >= 0.3 is 5.97 Å². The first-order chi connectivity index (χ1) is 10.2. The van der Waals surface area contributed by atoms with E-state index in [4.69, 9.17) is 9.47 Å². The van der Waals surface area contributed by atoms with E-state index in [1.165, 1.54) is 19.2 Å². The largest absolute Gasteiger partial charge is 0.497 e. The van der Waals surface area contributed by atoms with Crippen molar-refractivity contribution in [3.63, 3.8) is 0 Å². The van der Waals surface area contributed by atoms with E-state index in [2.05, 4.69) is 5.32 Å². The van der Waals surface area contributed by atoms with Gasteiger partial charge in [0, 0.05) is 25.1 Å². The zero-order chi connectivity index (χ0) is 16.8. The van der Waals surface area contributed by atoms with E-state index in [1.807, 2.05) is 20.8 Å². The molecule has 0 saturated heterocycles. The van der Waals surface area contributed by atoms with Gasteiger partial charge in [-0.25, -0.2) is 0 Å². The lowest BCUT2D eigenvalue weighted by Gasteiger charge is -2.19. The normalized spacial score (nSPS) is 10.9. The molecule has 0 spiro atoms. The summed E-state index contributed by atoms with van der Waals surface area (Å²) in [6.45, 7) is 5.85. The molecule has 0 aromatic heterocycles. The van der Waals surface area contributed by atoms with Gasteiger partial charge in [0.2, 0.25) is 0 Å². The first-order valence-corrected chi connectivity index (χ1v) is 7.01. The van der Waals surface area contributed by atoms with Gasteiger partial charge in [0.15, 0.2) is 0 Å². The van der Waals surface area contributed by atoms with Gasteiger partial charge in [-0.1, -0.05) is 0 Å². The number of benzene rings is 1. The van der Waals surface area contributed by atoms with Crippen LogP contribution in [0.1, 0.15) is 33.6 Å². The predicted octanol–water partition coefficient (Wildman–Crippen LogP) is 3.14. The number of hydrogen-bond acceptors (Lipinski definition) is 6. The fourth-order valence-corrected chi connectivity index (χ4v) is 1.79. The van der Waals surface area contributed by atoms with Crippen molar-refractivity contribution in [3.05, 3.63) is 28.3 Å². The van der Waals surface area contributed by atoms with Crippen molar-refractivity contribution in [1.29, 1.82) is 0 Å². The van der Waals surface area contributed by atoms with Gasteiger partial charge in [0.1, 0.15) is 17.0 Å². The van der Waals surface area contributed by atoms with Gasteiger partial charge in [0.05, 0.1) is 12.0 Å². The molecule has 122 valence electrons. The summed E-state index contributed by atoms with van der Waals surface area (Å²) in [6, 6.07) is 4.48. The number of carbonyl (C=O) groups excluding carboxylic acids is 1. The number of nitro groups is 1. The minimum Gasteiger partial charge on any atom is -0.497 e. The molecule has 1 rings (SSSR count). The highest BCUT2D eigenvalue weighted by Crippen LogP contribution is 2.28. The Bertz CT molecular complexity index is 537. The molecular formula is C15H22N2O5. The minimum absolute atomic E-state index is 0.0296. The molecule has 22 heavy (non-hydrogen) atoms. The third kappa shape index (κ3) is 5.99. The fraction of sp³-hybridized carbons (Fsp3) is 0.533. The molecule has 1 N–H and O–H groups in total. The minimum atomic E-state index is -0.504. The van der Waals surface area contributed by atoms with Crippen molar-refractivity contribution in [2.45, 2.75) is 39.2 Å². The number of carbonyl (C=O) groups is 1. The van der Waals surface area contributed by atoms with Crippen LogP contribution in [0.4, 0.5) is 11.4 Å². The van der Waals surface area contributed by atoms with Crippen molar-refractivity contribution >= 4 is 17.3 Å². The number of nitrogens with one attached hydrogen (secondary N) is 1. The van der Waals surface area contributed by atoms with E-state index in [0.29, 0.717) is 24.4 Å². The Balaban J connectivity index is 2.54. The number of ether oxygens (including phenoxy) is 2. The van der Waals surface area contributed by atoms with Crippen molar-refractivity contribution in [2.24, 2.45) is 0 Å². The summed E-state index contributed by atoms with van der Waals surface area (Å²) in [7, 11) is 1.49. The van der Waals surface area contributed by atoms with Crippen LogP contribution in [0.5, 0.6) is 5.75 Å². The van der Waals surface area contributed by atoms with Crippen LogP contribution in [0.15, 0.2) is 18.2 Å². The summed E-state index contributed by atoms with van der Waals surface area (Å²) in [5.41, 5.74) is -0.164.